The molecule has 13 heavy (non-hydrogen) atoms. The zero-order valence-corrected chi connectivity index (χ0v) is 9.10. The lowest BCUT2D eigenvalue weighted by atomic mass is 10.3. The van der Waals surface area contributed by atoms with Crippen LogP contribution in [0.25, 0.3) is 0 Å². The fraction of sp³-hybridized carbons (Fsp3) is 0.500. The zero-order valence-electron chi connectivity index (χ0n) is 8.28. The molecule has 0 aliphatic heterocycles. The average Bonchev–Trinajstić information content (AvgIpc) is 2.07. The Morgan fingerprint density at radius 3 is 2.77 bits per heavy atom. The number of aryl methyl sites for hydroxylation is 1. The number of pyridine rings is 1. The van der Waals surface area contributed by atoms with E-state index in [4.69, 9.17) is 0 Å². The van der Waals surface area contributed by atoms with Crippen LogP contribution in [-0.2, 0) is 12.8 Å². The molecule has 0 aliphatic carbocycles. The Labute approximate surface area is 83.0 Å². The predicted molar refractivity (Wildman–Crippen MR) is 58.1 cm³/mol. The molecule has 0 saturated carbocycles. The van der Waals surface area contributed by atoms with Gasteiger partial charge >= 0.3 is 0 Å². The van der Waals surface area contributed by atoms with E-state index in [2.05, 4.69) is 13.8 Å². The van der Waals surface area contributed by atoms with Crippen LogP contribution in [0, 0.1) is 0 Å². The van der Waals surface area contributed by atoms with Crippen molar-refractivity contribution in [1.29, 1.82) is 0 Å². The molecule has 0 amide bonds. The third-order valence-corrected chi connectivity index (χ3v) is 2.92. The molecule has 2 nitrogen and oxygen atoms in total. The van der Waals surface area contributed by atoms with Gasteiger partial charge in [0.15, 0.2) is 0 Å². The largest absolute Gasteiger partial charge is 0.319 e. The van der Waals surface area contributed by atoms with Gasteiger partial charge in [-0.3, -0.25) is 4.79 Å². The number of aromatic nitrogens is 1. The summed E-state index contributed by atoms with van der Waals surface area (Å²) in [5, 5.41) is 0.615. The topological polar surface area (TPSA) is 22.0 Å². The van der Waals surface area contributed by atoms with Crippen molar-refractivity contribution < 1.29 is 0 Å². The maximum atomic E-state index is 11.2. The van der Waals surface area contributed by atoms with Crippen molar-refractivity contribution in [1.82, 2.24) is 4.57 Å². The Hall–Kier alpha value is -0.700. The minimum absolute atomic E-state index is 0.0712. The van der Waals surface area contributed by atoms with E-state index in [9.17, 15) is 4.79 Å². The number of thioether (sulfide) groups is 1. The molecule has 1 aromatic heterocycles. The Morgan fingerprint density at radius 1 is 1.54 bits per heavy atom. The van der Waals surface area contributed by atoms with Gasteiger partial charge in [-0.25, -0.2) is 0 Å². The lowest BCUT2D eigenvalue weighted by molar-refractivity contribution is 0.855. The zero-order chi connectivity index (χ0) is 9.84. The molecule has 0 spiro atoms. The van der Waals surface area contributed by atoms with Crippen LogP contribution >= 0.6 is 11.8 Å². The van der Waals surface area contributed by atoms with Gasteiger partial charge in [-0.1, -0.05) is 13.8 Å². The van der Waals surface area contributed by atoms with Crippen molar-refractivity contribution in [2.45, 2.75) is 24.9 Å². The molecule has 0 bridgehead atoms. The highest BCUT2D eigenvalue weighted by Crippen LogP contribution is 2.15. The molecule has 0 fully saturated rings. The summed E-state index contributed by atoms with van der Waals surface area (Å²) >= 11 is 1.85. The highest BCUT2D eigenvalue weighted by molar-refractivity contribution is 7.99. The first-order valence-corrected chi connectivity index (χ1v) is 5.41. The molecule has 1 heterocycles. The standard InChI is InChI=1S/C10H15NOS/c1-8(2)13-7-9-4-5-11(3)10(12)6-9/h4-6,8H,7H2,1-3H3. The van der Waals surface area contributed by atoms with Gasteiger partial charge in [0, 0.05) is 25.1 Å². The first-order chi connectivity index (χ1) is 6.09. The summed E-state index contributed by atoms with van der Waals surface area (Å²) in [7, 11) is 1.77. The molecule has 1 aromatic rings. The molecule has 0 unspecified atom stereocenters. The van der Waals surface area contributed by atoms with Crippen molar-refractivity contribution >= 4 is 11.8 Å². The average molecular weight is 197 g/mol. The van der Waals surface area contributed by atoms with Crippen molar-refractivity contribution in [2.24, 2.45) is 7.05 Å². The Morgan fingerprint density at radius 2 is 2.23 bits per heavy atom. The third kappa shape index (κ3) is 3.27. The number of rotatable bonds is 3. The van der Waals surface area contributed by atoms with Gasteiger partial charge in [0.25, 0.3) is 5.56 Å². The predicted octanol–water partition coefficient (Wildman–Crippen LogP) is 2.03. The van der Waals surface area contributed by atoms with Crippen LogP contribution in [0.1, 0.15) is 19.4 Å². The summed E-state index contributed by atoms with van der Waals surface area (Å²) in [6.07, 6.45) is 1.82. The van der Waals surface area contributed by atoms with Gasteiger partial charge in [-0.15, -0.1) is 0 Å². The number of hydrogen-bond donors (Lipinski definition) is 0. The monoisotopic (exact) mass is 197 g/mol. The van der Waals surface area contributed by atoms with Crippen LogP contribution in [-0.4, -0.2) is 9.82 Å². The molecule has 0 atom stereocenters. The number of nitrogens with zero attached hydrogens (tertiary/aromatic N) is 1. The molecule has 1 rings (SSSR count). The maximum absolute atomic E-state index is 11.2. The van der Waals surface area contributed by atoms with E-state index >= 15 is 0 Å². The minimum atomic E-state index is 0.0712. The van der Waals surface area contributed by atoms with Crippen LogP contribution in [0.2, 0.25) is 0 Å². The van der Waals surface area contributed by atoms with Crippen molar-refractivity contribution in [2.75, 3.05) is 0 Å². The van der Waals surface area contributed by atoms with Gasteiger partial charge < -0.3 is 4.57 Å². The van der Waals surface area contributed by atoms with Crippen LogP contribution < -0.4 is 5.56 Å². The summed E-state index contributed by atoms with van der Waals surface area (Å²) in [5.74, 6) is 0.924. The maximum Gasteiger partial charge on any atom is 0.250 e. The highest BCUT2D eigenvalue weighted by atomic mass is 32.2. The molecule has 0 N–H and O–H groups in total. The minimum Gasteiger partial charge on any atom is -0.319 e. The lowest BCUT2D eigenvalue weighted by Crippen LogP contribution is -2.14. The first-order valence-electron chi connectivity index (χ1n) is 4.37. The van der Waals surface area contributed by atoms with E-state index in [1.54, 1.807) is 17.7 Å². The van der Waals surface area contributed by atoms with E-state index in [1.165, 1.54) is 0 Å². The summed E-state index contributed by atoms with van der Waals surface area (Å²) in [4.78, 5) is 11.2. The summed E-state index contributed by atoms with van der Waals surface area (Å²) in [6, 6.07) is 3.70. The van der Waals surface area contributed by atoms with Crippen molar-refractivity contribution in [3.63, 3.8) is 0 Å². The van der Waals surface area contributed by atoms with Crippen LogP contribution in [0.15, 0.2) is 23.1 Å². The van der Waals surface area contributed by atoms with E-state index in [1.807, 2.05) is 24.0 Å². The van der Waals surface area contributed by atoms with Gasteiger partial charge in [-0.2, -0.15) is 11.8 Å². The Kier molecular flexibility index (Phi) is 3.60. The SMILES string of the molecule is CC(C)SCc1ccn(C)c(=O)c1. The van der Waals surface area contributed by atoms with E-state index in [0.29, 0.717) is 5.25 Å². The second-order valence-corrected chi connectivity index (χ2v) is 4.91. The number of hydrogen-bond acceptors (Lipinski definition) is 2. The second kappa shape index (κ2) is 4.51. The normalized spacial score (nSPS) is 10.8. The molecule has 3 heteroatoms. The molecule has 0 aromatic carbocycles. The van der Waals surface area contributed by atoms with Crippen LogP contribution in [0.3, 0.4) is 0 Å². The molecule has 72 valence electrons. The second-order valence-electron chi connectivity index (χ2n) is 3.34. The smallest absolute Gasteiger partial charge is 0.250 e. The fourth-order valence-electron chi connectivity index (χ4n) is 0.942. The Balaban J connectivity index is 2.69. The molecular weight excluding hydrogens is 182 g/mol. The quantitative estimate of drug-likeness (QED) is 0.739. The van der Waals surface area contributed by atoms with Gasteiger partial charge in [0.1, 0.15) is 0 Å². The third-order valence-electron chi connectivity index (χ3n) is 1.75. The van der Waals surface area contributed by atoms with Gasteiger partial charge in [-0.05, 0) is 16.9 Å². The molecular formula is C10H15NOS. The first kappa shape index (κ1) is 10.4. The summed E-state index contributed by atoms with van der Waals surface area (Å²) in [5.41, 5.74) is 1.18. The molecule has 0 aliphatic rings. The Bertz CT molecular complexity index is 330. The van der Waals surface area contributed by atoms with E-state index < -0.39 is 0 Å². The van der Waals surface area contributed by atoms with E-state index in [0.717, 1.165) is 11.3 Å². The van der Waals surface area contributed by atoms with Crippen LogP contribution in [0.5, 0.6) is 0 Å². The fourth-order valence-corrected chi connectivity index (χ4v) is 1.65. The van der Waals surface area contributed by atoms with Crippen molar-refractivity contribution in [3.8, 4) is 0 Å². The highest BCUT2D eigenvalue weighted by Gasteiger charge is 1.98. The lowest BCUT2D eigenvalue weighted by Gasteiger charge is -2.04. The van der Waals surface area contributed by atoms with Crippen LogP contribution in [0.4, 0.5) is 0 Å². The van der Waals surface area contributed by atoms with Gasteiger partial charge in [0.2, 0.25) is 0 Å². The summed E-state index contributed by atoms with van der Waals surface area (Å²) in [6.45, 7) is 4.32. The summed E-state index contributed by atoms with van der Waals surface area (Å²) < 4.78 is 1.59. The molecule has 0 saturated heterocycles. The molecule has 0 radical (unpaired) electrons. The van der Waals surface area contributed by atoms with Gasteiger partial charge in [0.05, 0.1) is 0 Å². The van der Waals surface area contributed by atoms with Crippen molar-refractivity contribution in [3.05, 3.63) is 34.2 Å². The van der Waals surface area contributed by atoms with E-state index in [-0.39, 0.29) is 5.56 Å².